The van der Waals surface area contributed by atoms with Gasteiger partial charge in [0.2, 0.25) is 0 Å². The number of halogens is 1. The summed E-state index contributed by atoms with van der Waals surface area (Å²) in [5, 5.41) is 0. The van der Waals surface area contributed by atoms with Crippen molar-refractivity contribution in [3.63, 3.8) is 0 Å². The van der Waals surface area contributed by atoms with Crippen LogP contribution in [0.1, 0.15) is 31.0 Å². The lowest BCUT2D eigenvalue weighted by molar-refractivity contribution is 0.617. The third kappa shape index (κ3) is 2.45. The highest BCUT2D eigenvalue weighted by molar-refractivity contribution is 6.28. The van der Waals surface area contributed by atoms with Crippen LogP contribution in [0.2, 0.25) is 0 Å². The summed E-state index contributed by atoms with van der Waals surface area (Å²) in [7, 11) is 0. The molecule has 0 atom stereocenters. The normalized spacial score (nSPS) is 12.6. The number of aryl methyl sites for hydroxylation is 1. The molecule has 1 aromatic carbocycles. The first-order valence-corrected chi connectivity index (χ1v) is 6.85. The number of fused-ring (bicyclic) bond motifs is 1. The molecule has 2 aromatic rings. The number of nitrogens with two attached hydrogens (primary N) is 1. The molecule has 0 aliphatic rings. The second kappa shape index (κ2) is 5.21. The number of alkyl halides is 1. The molecule has 19 heavy (non-hydrogen) atoms. The Balaban J connectivity index is 2.78. The minimum Gasteiger partial charge on any atom is -0.386 e. The summed E-state index contributed by atoms with van der Waals surface area (Å²) in [6.07, 6.45) is 1.85. The van der Waals surface area contributed by atoms with Crippen LogP contribution < -0.4 is 5.73 Å². The number of aliphatic imine (C=N–C) groups is 1. The molecule has 0 fully saturated rings. The maximum absolute atomic E-state index is 5.77. The van der Waals surface area contributed by atoms with Gasteiger partial charge in [-0.3, -0.25) is 0 Å². The lowest BCUT2D eigenvalue weighted by Gasteiger charge is -2.11. The van der Waals surface area contributed by atoms with Gasteiger partial charge in [0.05, 0.1) is 23.4 Å². The van der Waals surface area contributed by atoms with E-state index in [9.17, 15) is 0 Å². The zero-order valence-corrected chi connectivity index (χ0v) is 12.5. The van der Waals surface area contributed by atoms with E-state index >= 15 is 0 Å². The van der Waals surface area contributed by atoms with Gasteiger partial charge >= 0.3 is 0 Å². The van der Waals surface area contributed by atoms with Gasteiger partial charge in [0, 0.05) is 6.04 Å². The van der Waals surface area contributed by atoms with Gasteiger partial charge in [0.25, 0.3) is 0 Å². The quantitative estimate of drug-likeness (QED) is 0.531. The van der Waals surface area contributed by atoms with Gasteiger partial charge in [-0.25, -0.2) is 9.98 Å². The van der Waals surface area contributed by atoms with Gasteiger partial charge in [-0.05, 0) is 44.9 Å². The lowest BCUT2D eigenvalue weighted by atomic mass is 10.1. The molecule has 0 unspecified atom stereocenters. The average molecular weight is 279 g/mol. The molecule has 0 aliphatic heterocycles. The van der Waals surface area contributed by atoms with Crippen molar-refractivity contribution in [2.45, 2.75) is 33.7 Å². The predicted octanol–water partition coefficient (Wildman–Crippen LogP) is 3.46. The highest BCUT2D eigenvalue weighted by Gasteiger charge is 2.13. The Hall–Kier alpha value is -1.55. The smallest absolute Gasteiger partial charge is 0.115 e. The maximum Gasteiger partial charge on any atom is 0.115 e. The van der Waals surface area contributed by atoms with Crippen molar-refractivity contribution < 1.29 is 0 Å². The third-order valence-electron chi connectivity index (χ3n) is 3.30. The molecule has 102 valence electrons. The number of nitrogens with zero attached hydrogens (tertiary/aromatic N) is 3. The first-order chi connectivity index (χ1) is 8.95. The van der Waals surface area contributed by atoms with E-state index in [0.717, 1.165) is 22.3 Å². The van der Waals surface area contributed by atoms with E-state index in [-0.39, 0.29) is 5.88 Å². The zero-order valence-electron chi connectivity index (χ0n) is 11.7. The molecule has 0 bridgehead atoms. The SMILES string of the molecule is Cc1cc2c(ncn2C(C)C)c(N=C(N)CCl)c1C. The van der Waals surface area contributed by atoms with Crippen LogP contribution in [-0.4, -0.2) is 21.3 Å². The van der Waals surface area contributed by atoms with E-state index in [1.54, 1.807) is 0 Å². The molecule has 0 amide bonds. The molecule has 0 saturated heterocycles. The van der Waals surface area contributed by atoms with Gasteiger partial charge < -0.3 is 10.3 Å². The van der Waals surface area contributed by atoms with E-state index in [4.69, 9.17) is 17.3 Å². The first kappa shape index (κ1) is 13.9. The average Bonchev–Trinajstić information content (AvgIpc) is 2.77. The number of imidazole rings is 1. The molecule has 0 radical (unpaired) electrons. The van der Waals surface area contributed by atoms with Crippen LogP contribution in [0.4, 0.5) is 5.69 Å². The predicted molar refractivity (Wildman–Crippen MR) is 81.6 cm³/mol. The molecule has 0 saturated carbocycles. The van der Waals surface area contributed by atoms with Crippen LogP contribution in [0.3, 0.4) is 0 Å². The summed E-state index contributed by atoms with van der Waals surface area (Å²) in [5.74, 6) is 0.635. The number of benzene rings is 1. The van der Waals surface area contributed by atoms with Crippen molar-refractivity contribution in [2.75, 3.05) is 5.88 Å². The topological polar surface area (TPSA) is 56.2 Å². The van der Waals surface area contributed by atoms with Crippen LogP contribution in [0.25, 0.3) is 11.0 Å². The molecule has 4 nitrogen and oxygen atoms in total. The number of hydrogen-bond acceptors (Lipinski definition) is 2. The second-order valence-electron chi connectivity index (χ2n) is 5.02. The Morgan fingerprint density at radius 1 is 1.47 bits per heavy atom. The molecule has 5 heteroatoms. The second-order valence-corrected chi connectivity index (χ2v) is 5.28. The van der Waals surface area contributed by atoms with Crippen molar-refractivity contribution in [2.24, 2.45) is 10.7 Å². The fraction of sp³-hybridized carbons (Fsp3) is 0.429. The number of amidine groups is 1. The molecule has 1 aromatic heterocycles. The fourth-order valence-electron chi connectivity index (χ4n) is 2.10. The number of rotatable bonds is 3. The first-order valence-electron chi connectivity index (χ1n) is 6.31. The van der Waals surface area contributed by atoms with Crippen molar-refractivity contribution in [1.82, 2.24) is 9.55 Å². The van der Waals surface area contributed by atoms with Crippen LogP contribution in [0.5, 0.6) is 0 Å². The van der Waals surface area contributed by atoms with Gasteiger partial charge in [-0.1, -0.05) is 0 Å². The van der Waals surface area contributed by atoms with Crippen LogP contribution in [0, 0.1) is 13.8 Å². The van der Waals surface area contributed by atoms with E-state index in [2.05, 4.69) is 41.4 Å². The van der Waals surface area contributed by atoms with Crippen LogP contribution >= 0.6 is 11.6 Å². The molecular weight excluding hydrogens is 260 g/mol. The summed E-state index contributed by atoms with van der Waals surface area (Å²) in [4.78, 5) is 8.91. The van der Waals surface area contributed by atoms with Gasteiger partial charge in [-0.2, -0.15) is 0 Å². The minimum atomic E-state index is 0.222. The Labute approximate surface area is 118 Å². The van der Waals surface area contributed by atoms with Gasteiger partial charge in [0.1, 0.15) is 11.4 Å². The molecule has 2 N–H and O–H groups in total. The van der Waals surface area contributed by atoms with Gasteiger partial charge in [0.15, 0.2) is 0 Å². The Kier molecular flexibility index (Phi) is 3.80. The standard InChI is InChI=1S/C14H19ClN4/c1-8(2)19-7-17-14-11(19)5-9(3)10(4)13(14)18-12(16)6-15/h5,7-8H,6H2,1-4H3,(H2,16,18). The Morgan fingerprint density at radius 2 is 2.16 bits per heavy atom. The number of hydrogen-bond donors (Lipinski definition) is 1. The van der Waals surface area contributed by atoms with E-state index in [1.165, 1.54) is 5.56 Å². The van der Waals surface area contributed by atoms with E-state index < -0.39 is 0 Å². The van der Waals surface area contributed by atoms with Crippen molar-refractivity contribution in [3.05, 3.63) is 23.5 Å². The van der Waals surface area contributed by atoms with Crippen molar-refractivity contribution in [1.29, 1.82) is 0 Å². The highest BCUT2D eigenvalue weighted by atomic mass is 35.5. The van der Waals surface area contributed by atoms with E-state index in [0.29, 0.717) is 11.9 Å². The summed E-state index contributed by atoms with van der Waals surface area (Å²) in [5.41, 5.74) is 10.8. The Bertz CT molecular complexity index is 640. The summed E-state index contributed by atoms with van der Waals surface area (Å²) >= 11 is 5.72. The summed E-state index contributed by atoms with van der Waals surface area (Å²) in [6.45, 7) is 8.37. The molecule has 1 heterocycles. The van der Waals surface area contributed by atoms with Crippen molar-refractivity contribution >= 4 is 34.2 Å². The van der Waals surface area contributed by atoms with E-state index in [1.807, 2.05) is 13.3 Å². The largest absolute Gasteiger partial charge is 0.386 e. The zero-order chi connectivity index (χ0) is 14.2. The fourth-order valence-corrected chi connectivity index (χ4v) is 2.16. The minimum absolute atomic E-state index is 0.222. The molecule has 0 spiro atoms. The lowest BCUT2D eigenvalue weighted by Crippen LogP contribution is -2.12. The number of aromatic nitrogens is 2. The Morgan fingerprint density at radius 3 is 2.74 bits per heavy atom. The highest BCUT2D eigenvalue weighted by Crippen LogP contribution is 2.32. The van der Waals surface area contributed by atoms with Crippen molar-refractivity contribution in [3.8, 4) is 0 Å². The van der Waals surface area contributed by atoms with Crippen LogP contribution in [0.15, 0.2) is 17.4 Å². The van der Waals surface area contributed by atoms with Crippen LogP contribution in [-0.2, 0) is 0 Å². The maximum atomic E-state index is 5.77. The molecule has 0 aliphatic carbocycles. The summed E-state index contributed by atoms with van der Waals surface area (Å²) < 4.78 is 2.14. The third-order valence-corrected chi connectivity index (χ3v) is 3.58. The van der Waals surface area contributed by atoms with Gasteiger partial charge in [-0.15, -0.1) is 11.6 Å². The molecule has 2 rings (SSSR count). The molecular formula is C14H19ClN4. The monoisotopic (exact) mass is 278 g/mol. The summed E-state index contributed by atoms with van der Waals surface area (Å²) in [6, 6.07) is 2.50.